The van der Waals surface area contributed by atoms with E-state index in [-0.39, 0.29) is 81.8 Å². The summed E-state index contributed by atoms with van der Waals surface area (Å²) in [6.45, 7) is 16.5. The van der Waals surface area contributed by atoms with E-state index in [0.29, 0.717) is 65.0 Å². The van der Waals surface area contributed by atoms with Crippen LogP contribution in [-0.4, -0.2) is 89.1 Å². The first-order valence-electron chi connectivity index (χ1n) is 22.6. The van der Waals surface area contributed by atoms with Crippen LogP contribution in [0.1, 0.15) is 163 Å². The molecule has 4 aliphatic rings. The number of carboxylic acids is 1. The number of carbonyl (C=O) groups excluding carboxylic acids is 2. The Morgan fingerprint density at radius 3 is 1.62 bits per heavy atom. The highest BCUT2D eigenvalue weighted by Gasteiger charge is 2.47. The molecule has 0 aromatic heterocycles. The summed E-state index contributed by atoms with van der Waals surface area (Å²) in [7, 11) is 0. The van der Waals surface area contributed by atoms with E-state index in [1.165, 1.54) is 39.3 Å². The second-order valence-electron chi connectivity index (χ2n) is 19.2. The maximum atomic E-state index is 13.9. The summed E-state index contributed by atoms with van der Waals surface area (Å²) >= 11 is 0. The molecule has 2 aromatic carbocycles. The zero-order valence-corrected chi connectivity index (χ0v) is 40.0. The maximum absolute atomic E-state index is 13.9. The number of carboxylic acid groups (broad SMARTS) is 1. The van der Waals surface area contributed by atoms with E-state index in [1.807, 2.05) is 13.8 Å². The number of aliphatic hydroxyl groups excluding tert-OH is 2. The highest BCUT2D eigenvalue weighted by atomic mass is 32.1. The number of ether oxygens (including phenoxy) is 2. The van der Waals surface area contributed by atoms with Crippen LogP contribution < -0.4 is 9.47 Å². The molecule has 64 heavy (non-hydrogen) atoms. The van der Waals surface area contributed by atoms with E-state index in [1.54, 1.807) is 4.90 Å². The molecule has 13 heteroatoms. The average molecular weight is 903 g/mol. The minimum absolute atomic E-state index is 0. The van der Waals surface area contributed by atoms with Gasteiger partial charge < -0.3 is 44.8 Å². The number of phenolic OH excluding ortho intramolecular Hbond substituents is 2. The minimum Gasteiger partial charge on any atom is -0.508 e. The van der Waals surface area contributed by atoms with Crippen LogP contribution in [0.5, 0.6) is 23.0 Å². The van der Waals surface area contributed by atoms with E-state index in [4.69, 9.17) is 9.47 Å². The Labute approximate surface area is 385 Å². The molecule has 0 radical (unpaired) electrons. The van der Waals surface area contributed by atoms with E-state index in [0.717, 1.165) is 25.7 Å². The summed E-state index contributed by atoms with van der Waals surface area (Å²) in [6, 6.07) is 1.55. The highest BCUT2D eigenvalue weighted by molar-refractivity contribution is 7.59. The topological polar surface area (TPSA) is 177 Å². The lowest BCUT2D eigenvalue weighted by molar-refractivity contribution is -0.142. The lowest BCUT2D eigenvalue weighted by Crippen LogP contribution is -2.49. The van der Waals surface area contributed by atoms with Gasteiger partial charge >= 0.3 is 5.97 Å². The van der Waals surface area contributed by atoms with Gasteiger partial charge in [0.05, 0.1) is 36.4 Å². The molecule has 2 aromatic rings. The Bertz CT molecular complexity index is 2240. The number of aliphatic hydroxyl groups is 2. The third-order valence-electron chi connectivity index (χ3n) is 13.5. The van der Waals surface area contributed by atoms with E-state index < -0.39 is 41.3 Å². The van der Waals surface area contributed by atoms with E-state index >= 15 is 0 Å². The number of nitrogens with zero attached hydrogens (tertiary/aromatic N) is 2. The first-order valence-corrected chi connectivity index (χ1v) is 22.6. The zero-order chi connectivity index (χ0) is 46.0. The van der Waals surface area contributed by atoms with Gasteiger partial charge in [-0.25, -0.2) is 4.79 Å². The van der Waals surface area contributed by atoms with Gasteiger partial charge in [-0.05, 0) is 132 Å². The van der Waals surface area contributed by atoms with Crippen LogP contribution >= 0.6 is 13.5 Å². The molecule has 350 valence electrons. The first-order chi connectivity index (χ1) is 29.7. The van der Waals surface area contributed by atoms with Crippen molar-refractivity contribution in [2.45, 2.75) is 175 Å². The smallest absolute Gasteiger partial charge is 0.326 e. The Morgan fingerprint density at radius 2 is 1.17 bits per heavy atom. The molecule has 0 bridgehead atoms. The number of hydrogen-bond donors (Lipinski definition) is 5. The molecule has 2 amide bonds. The van der Waals surface area contributed by atoms with Gasteiger partial charge in [0.2, 0.25) is 0 Å². The summed E-state index contributed by atoms with van der Waals surface area (Å²) in [5.74, 6) is -1.60. The van der Waals surface area contributed by atoms with Crippen LogP contribution in [0.3, 0.4) is 0 Å². The fourth-order valence-electron chi connectivity index (χ4n) is 9.40. The predicted molar refractivity (Wildman–Crippen MR) is 253 cm³/mol. The van der Waals surface area contributed by atoms with Crippen LogP contribution in [0.4, 0.5) is 0 Å². The molecular formula is C51H70N2O10S. The molecule has 0 saturated heterocycles. The summed E-state index contributed by atoms with van der Waals surface area (Å²) in [4.78, 5) is 43.4. The second-order valence-corrected chi connectivity index (χ2v) is 19.2. The number of allylic oxidation sites excluding steroid dienone is 8. The quantitative estimate of drug-likeness (QED) is 0.0907. The fraction of sp³-hybridized carbons (Fsp3) is 0.549. The third-order valence-corrected chi connectivity index (χ3v) is 13.5. The Balaban J connectivity index is 0.00000771. The Kier molecular flexibility index (Phi) is 16.2. The number of aliphatic carboxylic acids is 1. The van der Waals surface area contributed by atoms with Crippen LogP contribution in [0.25, 0.3) is 0 Å². The molecule has 0 fully saturated rings. The summed E-state index contributed by atoms with van der Waals surface area (Å²) in [5, 5.41) is 55.0. The van der Waals surface area contributed by atoms with Gasteiger partial charge in [0, 0.05) is 41.6 Å². The van der Waals surface area contributed by atoms with Crippen molar-refractivity contribution in [3.63, 3.8) is 0 Å². The van der Waals surface area contributed by atoms with Crippen molar-refractivity contribution >= 4 is 31.3 Å². The van der Waals surface area contributed by atoms with Gasteiger partial charge in [-0.1, -0.05) is 46.6 Å². The van der Waals surface area contributed by atoms with Crippen molar-refractivity contribution in [2.75, 3.05) is 6.54 Å². The maximum Gasteiger partial charge on any atom is 0.326 e. The summed E-state index contributed by atoms with van der Waals surface area (Å²) in [6.07, 6.45) is 13.8. The number of benzene rings is 2. The van der Waals surface area contributed by atoms with Crippen molar-refractivity contribution in [2.24, 2.45) is 0 Å². The highest BCUT2D eigenvalue weighted by Crippen LogP contribution is 2.48. The summed E-state index contributed by atoms with van der Waals surface area (Å²) < 4.78 is 13.1. The number of carbonyl (C=O) groups is 3. The fourth-order valence-corrected chi connectivity index (χ4v) is 9.40. The molecule has 5 N–H and O–H groups in total. The lowest BCUT2D eigenvalue weighted by Gasteiger charge is -2.41. The monoisotopic (exact) mass is 902 g/mol. The number of rotatable bonds is 18. The number of phenols is 2. The molecule has 5 atom stereocenters. The van der Waals surface area contributed by atoms with Crippen molar-refractivity contribution in [3.05, 3.63) is 92.1 Å². The van der Waals surface area contributed by atoms with Gasteiger partial charge in [0.1, 0.15) is 40.2 Å². The molecule has 4 heterocycles. The van der Waals surface area contributed by atoms with Crippen LogP contribution in [0.2, 0.25) is 0 Å². The number of hydrogen-bond acceptors (Lipinski definition) is 9. The minimum atomic E-state index is -1.23. The van der Waals surface area contributed by atoms with Crippen molar-refractivity contribution in [1.82, 2.24) is 9.80 Å². The van der Waals surface area contributed by atoms with E-state index in [9.17, 15) is 39.9 Å². The van der Waals surface area contributed by atoms with Gasteiger partial charge in [-0.2, -0.15) is 13.5 Å². The molecule has 0 saturated carbocycles. The zero-order valence-electron chi connectivity index (χ0n) is 39.0. The Hall–Kier alpha value is -4.72. The molecule has 4 aliphatic heterocycles. The Morgan fingerprint density at radius 1 is 0.719 bits per heavy atom. The van der Waals surface area contributed by atoms with Gasteiger partial charge in [-0.3, -0.25) is 9.59 Å². The first kappa shape index (κ1) is 50.3. The standard InChI is InChI=1S/C51H68N2O10.H2S/c1-30(2)14-9-16-32(5)18-11-21-50(7)43(56)26-36-41(54)24-34-38(45(36)62-50)28-52(47(34)58)23-13-20-40(49(60)61)53-29-39-35(48(53)59)25-42(55)37-27-44(57)51(8,63-46(37)39)22-12-19-33(6)17-10-15-31(3)4;/h14-15,18-19,24-25,40,43-44,54-57H,9-13,16-17,20-23,26-29H2,1-8H3,(H,60,61);1H2/b32-18+,33-19+;/t40-,43+,44+,50+,51+;/m0./s1. The normalized spacial score (nSPS) is 23.0. The van der Waals surface area contributed by atoms with Gasteiger partial charge in [0.15, 0.2) is 0 Å². The third kappa shape index (κ3) is 10.9. The SMILES string of the molecule is CC(C)=CCC/C(C)=C/CC[C@@]1(C)Oc2c(c(O)cc3c2CN(CCC[C@@H](C(=O)O)N2Cc4c(cc(O)c5c4O[C@](C)(CC/C=C(\C)CCC=C(C)C)[C@H](O)C5)C2=O)C3=O)C[C@H]1O.S. The average Bonchev–Trinajstić information content (AvgIpc) is 3.69. The molecular weight excluding hydrogens is 833 g/mol. The summed E-state index contributed by atoms with van der Waals surface area (Å²) in [5.41, 5.74) is 5.57. The van der Waals surface area contributed by atoms with Gasteiger partial charge in [-0.15, -0.1) is 0 Å². The van der Waals surface area contributed by atoms with Crippen molar-refractivity contribution in [1.29, 1.82) is 0 Å². The number of fused-ring (bicyclic) bond motifs is 6. The molecule has 12 nitrogen and oxygen atoms in total. The van der Waals surface area contributed by atoms with E-state index in [2.05, 4.69) is 65.8 Å². The lowest BCUT2D eigenvalue weighted by atomic mass is 9.84. The van der Waals surface area contributed by atoms with Gasteiger partial charge in [0.25, 0.3) is 11.8 Å². The van der Waals surface area contributed by atoms with Crippen LogP contribution in [0, 0.1) is 0 Å². The number of amides is 2. The second kappa shape index (κ2) is 20.6. The molecule has 0 unspecified atom stereocenters. The molecule has 0 aliphatic carbocycles. The van der Waals surface area contributed by atoms with Crippen molar-refractivity contribution < 1.29 is 49.4 Å². The largest absolute Gasteiger partial charge is 0.508 e. The van der Waals surface area contributed by atoms with Crippen LogP contribution in [0.15, 0.2) is 58.7 Å². The molecule has 6 rings (SSSR count). The predicted octanol–water partition coefficient (Wildman–Crippen LogP) is 9.11. The number of aromatic hydroxyl groups is 2. The molecule has 0 spiro atoms. The van der Waals surface area contributed by atoms with Crippen molar-refractivity contribution in [3.8, 4) is 23.0 Å². The van der Waals surface area contributed by atoms with Crippen LogP contribution in [-0.2, 0) is 30.7 Å².